The number of ether oxygens (including phenoxy) is 2. The largest absolute Gasteiger partial charge is 0.457 e. The molecular weight excluding hydrogens is 342 g/mol. The first kappa shape index (κ1) is 18.3. The van der Waals surface area contributed by atoms with E-state index in [1.165, 1.54) is 6.07 Å². The number of rotatable bonds is 6. The lowest BCUT2D eigenvalue weighted by atomic mass is 10.1. The lowest BCUT2D eigenvalue weighted by Gasteiger charge is -2.10. The highest BCUT2D eigenvalue weighted by atomic mass is 16.5. The summed E-state index contributed by atoms with van der Waals surface area (Å²) < 4.78 is 10.6. The third-order valence-electron chi connectivity index (χ3n) is 3.87. The number of carbonyl (C=O) groups is 2. The first-order valence-electron chi connectivity index (χ1n) is 8.53. The quantitative estimate of drug-likeness (QED) is 0.618. The highest BCUT2D eigenvalue weighted by Gasteiger charge is 2.21. The number of hydrogen-bond acceptors (Lipinski definition) is 5. The monoisotopic (exact) mass is 361 g/mol. The summed E-state index contributed by atoms with van der Waals surface area (Å²) in [5.41, 5.74) is 2.38. The van der Waals surface area contributed by atoms with Gasteiger partial charge in [0.2, 0.25) is 0 Å². The van der Waals surface area contributed by atoms with Crippen molar-refractivity contribution in [2.45, 2.75) is 20.1 Å². The van der Waals surface area contributed by atoms with E-state index in [0.29, 0.717) is 5.69 Å². The number of carbonyl (C=O) groups excluding carboxylic acids is 2. The van der Waals surface area contributed by atoms with Crippen molar-refractivity contribution in [3.05, 3.63) is 101 Å². The van der Waals surface area contributed by atoms with Crippen LogP contribution >= 0.6 is 0 Å². The molecule has 5 heteroatoms. The van der Waals surface area contributed by atoms with Gasteiger partial charge in [-0.25, -0.2) is 14.6 Å². The maximum atomic E-state index is 12.5. The number of esters is 2. The molecular formula is C22H19NO4. The van der Waals surface area contributed by atoms with Gasteiger partial charge in [-0.3, -0.25) is 0 Å². The van der Waals surface area contributed by atoms with Crippen LogP contribution in [-0.4, -0.2) is 16.9 Å². The first-order valence-corrected chi connectivity index (χ1v) is 8.53. The third kappa shape index (κ3) is 5.01. The van der Waals surface area contributed by atoms with E-state index in [1.54, 1.807) is 13.0 Å². The van der Waals surface area contributed by atoms with Crippen molar-refractivity contribution in [2.24, 2.45) is 0 Å². The maximum absolute atomic E-state index is 12.5. The molecule has 1 heterocycles. The Morgan fingerprint density at radius 1 is 0.741 bits per heavy atom. The molecule has 27 heavy (non-hydrogen) atoms. The van der Waals surface area contributed by atoms with Crippen LogP contribution in [0.1, 0.15) is 37.7 Å². The van der Waals surface area contributed by atoms with E-state index in [9.17, 15) is 9.59 Å². The fraction of sp³-hybridized carbons (Fsp3) is 0.136. The van der Waals surface area contributed by atoms with Crippen LogP contribution in [0.25, 0.3) is 0 Å². The van der Waals surface area contributed by atoms with E-state index in [1.807, 2.05) is 60.7 Å². The van der Waals surface area contributed by atoms with Crippen molar-refractivity contribution in [2.75, 3.05) is 0 Å². The zero-order valence-electron chi connectivity index (χ0n) is 14.9. The summed E-state index contributed by atoms with van der Waals surface area (Å²) in [6.07, 6.45) is 0. The lowest BCUT2D eigenvalue weighted by Crippen LogP contribution is -2.16. The van der Waals surface area contributed by atoms with Gasteiger partial charge in [0.25, 0.3) is 0 Å². The van der Waals surface area contributed by atoms with E-state index in [-0.39, 0.29) is 24.5 Å². The Balaban J connectivity index is 1.71. The van der Waals surface area contributed by atoms with Gasteiger partial charge in [0.15, 0.2) is 5.69 Å². The highest BCUT2D eigenvalue weighted by Crippen LogP contribution is 2.14. The van der Waals surface area contributed by atoms with Crippen LogP contribution in [-0.2, 0) is 22.7 Å². The molecule has 0 bridgehead atoms. The Morgan fingerprint density at radius 3 is 1.81 bits per heavy atom. The number of hydrogen-bond donors (Lipinski definition) is 0. The summed E-state index contributed by atoms with van der Waals surface area (Å²) >= 11 is 0. The second kappa shape index (κ2) is 8.76. The van der Waals surface area contributed by atoms with Crippen molar-refractivity contribution in [3.63, 3.8) is 0 Å². The summed E-state index contributed by atoms with van der Waals surface area (Å²) in [4.78, 5) is 29.1. The molecule has 0 aliphatic heterocycles. The number of nitrogens with zero attached hydrogens (tertiary/aromatic N) is 1. The average Bonchev–Trinajstić information content (AvgIpc) is 2.71. The molecule has 0 saturated carbocycles. The molecule has 0 N–H and O–H groups in total. The van der Waals surface area contributed by atoms with E-state index in [4.69, 9.17) is 9.47 Å². The van der Waals surface area contributed by atoms with E-state index >= 15 is 0 Å². The molecule has 2 aromatic carbocycles. The standard InChI is InChI=1S/C22H19NO4/c1-16-12-13-19(21(24)26-14-17-8-4-2-5-9-17)20(23-16)22(25)27-15-18-10-6-3-7-11-18/h2-13H,14-15H2,1H3. The third-order valence-corrected chi connectivity index (χ3v) is 3.87. The predicted molar refractivity (Wildman–Crippen MR) is 100 cm³/mol. The van der Waals surface area contributed by atoms with Crippen LogP contribution in [0, 0.1) is 6.92 Å². The van der Waals surface area contributed by atoms with E-state index in [2.05, 4.69) is 4.98 Å². The zero-order valence-corrected chi connectivity index (χ0v) is 14.9. The second-order valence-corrected chi connectivity index (χ2v) is 5.97. The zero-order chi connectivity index (χ0) is 19.1. The molecule has 0 atom stereocenters. The van der Waals surface area contributed by atoms with Crippen molar-refractivity contribution < 1.29 is 19.1 Å². The van der Waals surface area contributed by atoms with Gasteiger partial charge in [-0.15, -0.1) is 0 Å². The van der Waals surface area contributed by atoms with Gasteiger partial charge in [0.05, 0.1) is 5.56 Å². The van der Waals surface area contributed by atoms with Crippen molar-refractivity contribution in [1.29, 1.82) is 0 Å². The fourth-order valence-corrected chi connectivity index (χ4v) is 2.47. The van der Waals surface area contributed by atoms with Crippen molar-refractivity contribution >= 4 is 11.9 Å². The molecule has 0 spiro atoms. The highest BCUT2D eigenvalue weighted by molar-refractivity contribution is 6.01. The second-order valence-electron chi connectivity index (χ2n) is 5.97. The first-order chi connectivity index (χ1) is 13.1. The van der Waals surface area contributed by atoms with Crippen LogP contribution < -0.4 is 0 Å². The SMILES string of the molecule is Cc1ccc(C(=O)OCc2ccccc2)c(C(=O)OCc2ccccc2)n1. The normalized spacial score (nSPS) is 10.3. The smallest absolute Gasteiger partial charge is 0.358 e. The Kier molecular flexibility index (Phi) is 5.94. The minimum absolute atomic E-state index is 0.0380. The number of benzene rings is 2. The van der Waals surface area contributed by atoms with Crippen molar-refractivity contribution in [1.82, 2.24) is 4.98 Å². The van der Waals surface area contributed by atoms with Gasteiger partial charge >= 0.3 is 11.9 Å². The van der Waals surface area contributed by atoms with Crippen LogP contribution in [0.4, 0.5) is 0 Å². The predicted octanol–water partition coefficient (Wildman–Crippen LogP) is 4.10. The number of aryl methyl sites for hydroxylation is 1. The summed E-state index contributed by atoms with van der Waals surface area (Å²) in [6, 6.07) is 21.8. The Morgan fingerprint density at radius 2 is 1.26 bits per heavy atom. The van der Waals surface area contributed by atoms with E-state index in [0.717, 1.165) is 11.1 Å². The van der Waals surface area contributed by atoms with E-state index < -0.39 is 11.9 Å². The van der Waals surface area contributed by atoms with Gasteiger partial charge in [-0.1, -0.05) is 60.7 Å². The average molecular weight is 361 g/mol. The summed E-state index contributed by atoms with van der Waals surface area (Å²) in [5.74, 6) is -1.27. The Bertz CT molecular complexity index is 924. The van der Waals surface area contributed by atoms with Gasteiger partial charge in [0.1, 0.15) is 13.2 Å². The molecule has 3 rings (SSSR count). The molecule has 0 unspecified atom stereocenters. The van der Waals surface area contributed by atoms with Crippen LogP contribution in [0.5, 0.6) is 0 Å². The number of aromatic nitrogens is 1. The number of pyridine rings is 1. The topological polar surface area (TPSA) is 65.5 Å². The summed E-state index contributed by atoms with van der Waals surface area (Å²) in [7, 11) is 0. The lowest BCUT2D eigenvalue weighted by molar-refractivity contribution is 0.0419. The van der Waals surface area contributed by atoms with Gasteiger partial charge in [-0.2, -0.15) is 0 Å². The molecule has 3 aromatic rings. The minimum Gasteiger partial charge on any atom is -0.457 e. The maximum Gasteiger partial charge on any atom is 0.358 e. The van der Waals surface area contributed by atoms with Gasteiger partial charge < -0.3 is 9.47 Å². The molecule has 0 amide bonds. The fourth-order valence-electron chi connectivity index (χ4n) is 2.47. The minimum atomic E-state index is -0.658. The molecule has 0 radical (unpaired) electrons. The summed E-state index contributed by atoms with van der Waals surface area (Å²) in [6.45, 7) is 1.97. The molecule has 1 aromatic heterocycles. The molecule has 136 valence electrons. The Hall–Kier alpha value is -3.47. The molecule has 5 nitrogen and oxygen atoms in total. The van der Waals surface area contributed by atoms with Crippen LogP contribution in [0.2, 0.25) is 0 Å². The molecule has 0 saturated heterocycles. The summed E-state index contributed by atoms with van der Waals surface area (Å²) in [5, 5.41) is 0. The molecule has 0 aliphatic rings. The van der Waals surface area contributed by atoms with Crippen LogP contribution in [0.3, 0.4) is 0 Å². The van der Waals surface area contributed by atoms with Crippen LogP contribution in [0.15, 0.2) is 72.8 Å². The molecule has 0 fully saturated rings. The van der Waals surface area contributed by atoms with Gasteiger partial charge in [0, 0.05) is 5.69 Å². The molecule has 0 aliphatic carbocycles. The van der Waals surface area contributed by atoms with Crippen molar-refractivity contribution in [3.8, 4) is 0 Å². The van der Waals surface area contributed by atoms with Gasteiger partial charge in [-0.05, 0) is 30.2 Å². The Labute approximate surface area is 157 Å².